The summed E-state index contributed by atoms with van der Waals surface area (Å²) in [6.45, 7) is 0. The molecule has 4 heteroatoms. The van der Waals surface area contributed by atoms with Crippen LogP contribution >= 0.6 is 0 Å². The third-order valence-electron chi connectivity index (χ3n) is 4.01. The number of para-hydroxylation sites is 2. The highest BCUT2D eigenvalue weighted by Crippen LogP contribution is 2.30. The van der Waals surface area contributed by atoms with Gasteiger partial charge >= 0.3 is 0 Å². The first-order chi connectivity index (χ1) is 11.2. The molecule has 1 heterocycles. The molecule has 0 fully saturated rings. The van der Waals surface area contributed by atoms with Crippen molar-refractivity contribution in [1.82, 2.24) is 3.97 Å². The fourth-order valence-corrected chi connectivity index (χ4v) is 4.70. The second-order valence-electron chi connectivity index (χ2n) is 5.54. The molecule has 0 atom stereocenters. The summed E-state index contributed by atoms with van der Waals surface area (Å²) in [6.07, 6.45) is 0. The zero-order valence-electron chi connectivity index (χ0n) is 12.4. The van der Waals surface area contributed by atoms with Gasteiger partial charge in [0, 0.05) is 10.8 Å². The van der Waals surface area contributed by atoms with Crippen molar-refractivity contribution in [3.63, 3.8) is 0 Å². The van der Waals surface area contributed by atoms with Gasteiger partial charge in [0.2, 0.25) is 10.0 Å². The van der Waals surface area contributed by atoms with E-state index >= 15 is 0 Å². The van der Waals surface area contributed by atoms with E-state index in [1.165, 1.54) is 3.97 Å². The minimum atomic E-state index is -3.51. The van der Waals surface area contributed by atoms with Crippen LogP contribution in [0, 0.1) is 0 Å². The third-order valence-corrected chi connectivity index (χ3v) is 5.65. The van der Waals surface area contributed by atoms with E-state index in [1.54, 1.807) is 0 Å². The molecule has 0 aliphatic heterocycles. The first-order valence-electron chi connectivity index (χ1n) is 7.42. The molecule has 1 aromatic heterocycles. The Hall–Kier alpha value is -2.59. The van der Waals surface area contributed by atoms with Crippen LogP contribution < -0.4 is 0 Å². The maximum Gasteiger partial charge on any atom is 0.243 e. The van der Waals surface area contributed by atoms with Crippen molar-refractivity contribution in [3.05, 3.63) is 84.4 Å². The molecule has 0 aliphatic carbocycles. The lowest BCUT2D eigenvalue weighted by Gasteiger charge is -2.09. The van der Waals surface area contributed by atoms with Gasteiger partial charge in [-0.15, -0.1) is 0 Å². The molecule has 4 aromatic rings. The van der Waals surface area contributed by atoms with E-state index in [0.717, 1.165) is 27.4 Å². The van der Waals surface area contributed by atoms with Crippen molar-refractivity contribution >= 4 is 31.8 Å². The fraction of sp³-hybridized carbons (Fsp3) is 0.0526. The van der Waals surface area contributed by atoms with Gasteiger partial charge in [-0.25, -0.2) is 12.4 Å². The Morgan fingerprint density at radius 2 is 1.13 bits per heavy atom. The van der Waals surface area contributed by atoms with Crippen LogP contribution in [0.4, 0.5) is 0 Å². The Morgan fingerprint density at radius 1 is 0.652 bits per heavy atom. The zero-order valence-corrected chi connectivity index (χ0v) is 13.2. The number of nitrogens with zero attached hydrogens (tertiary/aromatic N) is 1. The molecule has 23 heavy (non-hydrogen) atoms. The van der Waals surface area contributed by atoms with Crippen LogP contribution in [0.25, 0.3) is 21.8 Å². The maximum atomic E-state index is 13.1. The Morgan fingerprint density at radius 3 is 1.70 bits per heavy atom. The standard InChI is InChI=1S/C19H15NO2S/c21-23(22,14-15-8-2-1-3-9-15)20-18-12-6-4-10-16(18)17-11-5-7-13-19(17)20/h1-13H,14H2. The molecular formula is C19H15NO2S. The maximum absolute atomic E-state index is 13.1. The Bertz CT molecular complexity index is 1040. The largest absolute Gasteiger partial charge is 0.243 e. The van der Waals surface area contributed by atoms with Crippen molar-refractivity contribution in [3.8, 4) is 0 Å². The molecule has 0 bridgehead atoms. The van der Waals surface area contributed by atoms with Gasteiger partial charge in [0.1, 0.15) is 0 Å². The van der Waals surface area contributed by atoms with E-state index in [2.05, 4.69) is 0 Å². The van der Waals surface area contributed by atoms with E-state index in [0.29, 0.717) is 0 Å². The first kappa shape index (κ1) is 14.0. The van der Waals surface area contributed by atoms with Gasteiger partial charge in [0.25, 0.3) is 0 Å². The van der Waals surface area contributed by atoms with Crippen LogP contribution in [0.15, 0.2) is 78.9 Å². The molecule has 0 unspecified atom stereocenters. The lowest BCUT2D eigenvalue weighted by molar-refractivity contribution is 0.589. The van der Waals surface area contributed by atoms with Crippen LogP contribution in [-0.4, -0.2) is 12.4 Å². The third kappa shape index (κ3) is 2.32. The van der Waals surface area contributed by atoms with E-state index in [4.69, 9.17) is 0 Å². The molecule has 114 valence electrons. The van der Waals surface area contributed by atoms with E-state index in [1.807, 2.05) is 78.9 Å². The van der Waals surface area contributed by atoms with Gasteiger partial charge in [0.15, 0.2) is 0 Å². The molecule has 3 aromatic carbocycles. The Kier molecular flexibility index (Phi) is 3.20. The highest BCUT2D eigenvalue weighted by Gasteiger charge is 2.21. The molecule has 0 radical (unpaired) electrons. The Balaban J connectivity index is 2.00. The van der Waals surface area contributed by atoms with Crippen molar-refractivity contribution < 1.29 is 8.42 Å². The first-order valence-corrected chi connectivity index (χ1v) is 9.03. The van der Waals surface area contributed by atoms with E-state index < -0.39 is 10.0 Å². The van der Waals surface area contributed by atoms with E-state index in [-0.39, 0.29) is 5.75 Å². The SMILES string of the molecule is O=S(=O)(Cc1ccccc1)n1c2ccccc2c2ccccc21. The van der Waals surface area contributed by atoms with Crippen molar-refractivity contribution in [1.29, 1.82) is 0 Å². The van der Waals surface area contributed by atoms with Crippen LogP contribution in [0.3, 0.4) is 0 Å². The van der Waals surface area contributed by atoms with E-state index in [9.17, 15) is 8.42 Å². The molecule has 0 aliphatic rings. The Labute approximate surface area is 134 Å². The highest BCUT2D eigenvalue weighted by molar-refractivity contribution is 7.89. The molecule has 0 saturated heterocycles. The summed E-state index contributed by atoms with van der Waals surface area (Å²) in [6, 6.07) is 24.5. The van der Waals surface area contributed by atoms with Crippen LogP contribution in [0.2, 0.25) is 0 Å². The monoisotopic (exact) mass is 321 g/mol. The average Bonchev–Trinajstić information content (AvgIpc) is 2.91. The smallest absolute Gasteiger partial charge is 0.237 e. The molecule has 0 N–H and O–H groups in total. The van der Waals surface area contributed by atoms with Gasteiger partial charge in [0.05, 0.1) is 16.8 Å². The van der Waals surface area contributed by atoms with Crippen molar-refractivity contribution in [2.45, 2.75) is 5.75 Å². The second kappa shape index (κ2) is 5.25. The van der Waals surface area contributed by atoms with Gasteiger partial charge in [-0.2, -0.15) is 0 Å². The number of fused-ring (bicyclic) bond motifs is 3. The molecule has 0 saturated carbocycles. The summed E-state index contributed by atoms with van der Waals surface area (Å²) >= 11 is 0. The zero-order chi connectivity index (χ0) is 15.9. The number of hydrogen-bond acceptors (Lipinski definition) is 2. The summed E-state index contributed by atoms with van der Waals surface area (Å²) in [7, 11) is -3.51. The lowest BCUT2D eigenvalue weighted by Crippen LogP contribution is -2.14. The molecule has 0 spiro atoms. The van der Waals surface area contributed by atoms with Crippen LogP contribution in [0.1, 0.15) is 5.56 Å². The molecule has 3 nitrogen and oxygen atoms in total. The summed E-state index contributed by atoms with van der Waals surface area (Å²) in [4.78, 5) is 0. The molecule has 0 amide bonds. The minimum absolute atomic E-state index is 0.0174. The summed E-state index contributed by atoms with van der Waals surface area (Å²) < 4.78 is 27.6. The van der Waals surface area contributed by atoms with Gasteiger partial charge in [-0.05, 0) is 17.7 Å². The molecule has 4 rings (SSSR count). The number of benzene rings is 3. The fourth-order valence-electron chi connectivity index (χ4n) is 3.04. The number of rotatable bonds is 3. The predicted molar refractivity (Wildman–Crippen MR) is 93.9 cm³/mol. The normalized spacial score (nSPS) is 12.0. The van der Waals surface area contributed by atoms with Gasteiger partial charge in [-0.3, -0.25) is 0 Å². The summed E-state index contributed by atoms with van der Waals surface area (Å²) in [5, 5.41) is 1.92. The van der Waals surface area contributed by atoms with Crippen LogP contribution in [0.5, 0.6) is 0 Å². The lowest BCUT2D eigenvalue weighted by atomic mass is 10.2. The second-order valence-corrected chi connectivity index (χ2v) is 7.36. The highest BCUT2D eigenvalue weighted by atomic mass is 32.2. The molecular weight excluding hydrogens is 306 g/mol. The van der Waals surface area contributed by atoms with Crippen LogP contribution in [-0.2, 0) is 15.8 Å². The minimum Gasteiger partial charge on any atom is -0.237 e. The topological polar surface area (TPSA) is 39.1 Å². The van der Waals surface area contributed by atoms with Gasteiger partial charge in [-0.1, -0.05) is 66.7 Å². The quantitative estimate of drug-likeness (QED) is 0.568. The predicted octanol–water partition coefficient (Wildman–Crippen LogP) is 4.17. The average molecular weight is 321 g/mol. The van der Waals surface area contributed by atoms with Crippen molar-refractivity contribution in [2.24, 2.45) is 0 Å². The van der Waals surface area contributed by atoms with Crippen molar-refractivity contribution in [2.75, 3.05) is 0 Å². The summed E-state index contributed by atoms with van der Waals surface area (Å²) in [5.74, 6) is -0.0174. The van der Waals surface area contributed by atoms with Gasteiger partial charge < -0.3 is 0 Å². The number of hydrogen-bond donors (Lipinski definition) is 0. The number of aromatic nitrogens is 1. The summed E-state index contributed by atoms with van der Waals surface area (Å²) in [5.41, 5.74) is 2.24.